The first-order valence-corrected chi connectivity index (χ1v) is 17.7. The van der Waals surface area contributed by atoms with Gasteiger partial charge in [0, 0.05) is 47.7 Å². The van der Waals surface area contributed by atoms with E-state index in [1.165, 1.54) is 27.2 Å². The number of methoxy groups -OCH3 is 5. The smallest absolute Gasteiger partial charge is 0.226 e. The molecule has 3 N–H and O–H groups in total. The normalized spacial score (nSPS) is 13.1. The average molecular weight is 750 g/mol. The van der Waals surface area contributed by atoms with Crippen LogP contribution >= 0.6 is 0 Å². The van der Waals surface area contributed by atoms with E-state index in [0.717, 1.165) is 5.56 Å². The molecule has 3 amide bonds. The Morgan fingerprint density at radius 3 is 2.09 bits per heavy atom. The molecule has 0 unspecified atom stereocenters. The minimum Gasteiger partial charge on any atom is -0.497 e. The number of furan rings is 1. The number of carbonyl (C=O) groups is 3. The van der Waals surface area contributed by atoms with Crippen LogP contribution in [0, 0.1) is 0 Å². The fourth-order valence-electron chi connectivity index (χ4n) is 6.97. The molecule has 1 heterocycles. The Labute approximate surface area is 317 Å². The molecule has 1 aliphatic carbocycles. The highest BCUT2D eigenvalue weighted by Gasteiger charge is 2.31. The number of fused-ring (bicyclic) bond motifs is 4. The van der Waals surface area contributed by atoms with Crippen LogP contribution in [-0.2, 0) is 27.2 Å². The first-order chi connectivity index (χ1) is 26.6. The Balaban J connectivity index is 1.46. The van der Waals surface area contributed by atoms with E-state index in [2.05, 4.69) is 16.0 Å². The molecular weight excluding hydrogens is 706 g/mol. The Bertz CT molecular complexity index is 2300. The predicted octanol–water partition coefficient (Wildman–Crippen LogP) is 5.98. The van der Waals surface area contributed by atoms with Crippen LogP contribution < -0.4 is 45.1 Å². The summed E-state index contributed by atoms with van der Waals surface area (Å²) in [5, 5.41) is 9.07. The molecule has 13 nitrogen and oxygen atoms in total. The van der Waals surface area contributed by atoms with Crippen molar-refractivity contribution in [3.8, 4) is 51.2 Å². The summed E-state index contributed by atoms with van der Waals surface area (Å²) in [6.45, 7) is 1.49. The van der Waals surface area contributed by atoms with E-state index >= 15 is 0 Å². The summed E-state index contributed by atoms with van der Waals surface area (Å²) < 4.78 is 34.3. The molecule has 13 heteroatoms. The van der Waals surface area contributed by atoms with Crippen molar-refractivity contribution in [1.82, 2.24) is 10.6 Å². The van der Waals surface area contributed by atoms with Crippen LogP contribution in [0.15, 0.2) is 75.9 Å². The van der Waals surface area contributed by atoms with Crippen LogP contribution in [0.2, 0.25) is 0 Å². The van der Waals surface area contributed by atoms with Crippen molar-refractivity contribution in [2.45, 2.75) is 38.6 Å². The summed E-state index contributed by atoms with van der Waals surface area (Å²) in [7, 11) is 7.70. The summed E-state index contributed by atoms with van der Waals surface area (Å²) in [5.74, 6) is 1.89. The molecule has 0 saturated carbocycles. The highest BCUT2D eigenvalue weighted by molar-refractivity contribution is 5.97. The fourth-order valence-corrected chi connectivity index (χ4v) is 6.97. The monoisotopic (exact) mass is 749 g/mol. The number of benzene rings is 3. The summed E-state index contributed by atoms with van der Waals surface area (Å²) in [5.41, 5.74) is 3.92. The van der Waals surface area contributed by atoms with Gasteiger partial charge in [-0.15, -0.1) is 0 Å². The zero-order valence-electron chi connectivity index (χ0n) is 31.5. The maximum absolute atomic E-state index is 14.2. The SMILES string of the molecule is COc1ccc(NC(=O)CCNC(=O)Cc2c(-c3ccc(OC)cc3)oc3c(=O)cc4c(cc23)-c2c(cc(OC)c(OC)c2OC)CC[C@@H]4NC(C)=O)cc1. The van der Waals surface area contributed by atoms with Crippen LogP contribution in [0.5, 0.6) is 28.7 Å². The van der Waals surface area contributed by atoms with Gasteiger partial charge in [-0.25, -0.2) is 0 Å². The van der Waals surface area contributed by atoms with Gasteiger partial charge in [-0.2, -0.15) is 0 Å². The Morgan fingerprint density at radius 1 is 0.800 bits per heavy atom. The predicted molar refractivity (Wildman–Crippen MR) is 207 cm³/mol. The number of ether oxygens (including phenoxy) is 5. The molecule has 4 aromatic carbocycles. The van der Waals surface area contributed by atoms with Gasteiger partial charge in [0.25, 0.3) is 0 Å². The summed E-state index contributed by atoms with van der Waals surface area (Å²) in [6.07, 6.45) is 0.824. The van der Waals surface area contributed by atoms with Gasteiger partial charge in [-0.05, 0) is 96.3 Å². The van der Waals surface area contributed by atoms with Crippen molar-refractivity contribution >= 4 is 34.4 Å². The molecule has 1 atom stereocenters. The van der Waals surface area contributed by atoms with Crippen molar-refractivity contribution in [3.05, 3.63) is 93.6 Å². The number of carbonyl (C=O) groups excluding carboxylic acids is 3. The van der Waals surface area contributed by atoms with E-state index in [1.807, 2.05) is 12.1 Å². The second-order valence-corrected chi connectivity index (χ2v) is 12.9. The molecule has 0 saturated heterocycles. The zero-order valence-corrected chi connectivity index (χ0v) is 31.5. The third kappa shape index (κ3) is 8.05. The lowest BCUT2D eigenvalue weighted by molar-refractivity contribution is -0.121. The van der Waals surface area contributed by atoms with Gasteiger partial charge in [0.1, 0.15) is 17.3 Å². The first-order valence-electron chi connectivity index (χ1n) is 17.7. The topological polar surface area (TPSA) is 164 Å². The molecule has 0 fully saturated rings. The number of nitrogens with one attached hydrogen (secondary N) is 3. The number of hydrogen-bond donors (Lipinski definition) is 3. The fraction of sp³-hybridized carbons (Fsp3) is 0.286. The second kappa shape index (κ2) is 16.7. The van der Waals surface area contributed by atoms with Crippen LogP contribution in [0.1, 0.15) is 42.5 Å². The molecule has 6 rings (SSSR count). The van der Waals surface area contributed by atoms with Gasteiger partial charge in [0.05, 0.1) is 48.0 Å². The molecule has 0 spiro atoms. The molecule has 1 aromatic heterocycles. The molecule has 286 valence electrons. The Hall–Kier alpha value is -6.50. The van der Waals surface area contributed by atoms with Crippen LogP contribution in [0.3, 0.4) is 0 Å². The number of hydrogen-bond acceptors (Lipinski definition) is 10. The van der Waals surface area contributed by atoms with Gasteiger partial charge < -0.3 is 44.1 Å². The highest BCUT2D eigenvalue weighted by atomic mass is 16.5. The van der Waals surface area contributed by atoms with E-state index in [9.17, 15) is 19.2 Å². The largest absolute Gasteiger partial charge is 0.497 e. The molecule has 0 aliphatic heterocycles. The van der Waals surface area contributed by atoms with Crippen molar-refractivity contribution in [2.24, 2.45) is 0 Å². The molecule has 0 bridgehead atoms. The first kappa shape index (κ1) is 38.2. The average Bonchev–Trinajstić information content (AvgIpc) is 3.38. The van der Waals surface area contributed by atoms with Crippen molar-refractivity contribution in [1.29, 1.82) is 0 Å². The zero-order chi connectivity index (χ0) is 39.2. The second-order valence-electron chi connectivity index (χ2n) is 12.9. The van der Waals surface area contributed by atoms with E-state index < -0.39 is 11.5 Å². The van der Waals surface area contributed by atoms with E-state index in [-0.39, 0.29) is 42.7 Å². The van der Waals surface area contributed by atoms with Crippen LogP contribution in [0.25, 0.3) is 33.4 Å². The van der Waals surface area contributed by atoms with E-state index in [4.69, 9.17) is 28.1 Å². The maximum Gasteiger partial charge on any atom is 0.226 e. The molecule has 5 aromatic rings. The van der Waals surface area contributed by atoms with Gasteiger partial charge in [0.2, 0.25) is 28.9 Å². The highest BCUT2D eigenvalue weighted by Crippen LogP contribution is 2.51. The van der Waals surface area contributed by atoms with Crippen molar-refractivity contribution < 1.29 is 42.5 Å². The van der Waals surface area contributed by atoms with E-state index in [0.29, 0.717) is 86.2 Å². The number of anilines is 1. The minimum absolute atomic E-state index is 0.0226. The molecule has 0 radical (unpaired) electrons. The number of rotatable bonds is 13. The van der Waals surface area contributed by atoms with Gasteiger partial charge >= 0.3 is 0 Å². The maximum atomic E-state index is 14.2. The number of aryl methyl sites for hydroxylation is 1. The summed E-state index contributed by atoms with van der Waals surface area (Å²) >= 11 is 0. The Morgan fingerprint density at radius 2 is 1.47 bits per heavy atom. The quantitative estimate of drug-likeness (QED) is 0.131. The van der Waals surface area contributed by atoms with Gasteiger partial charge in [-0.1, -0.05) is 0 Å². The molecule has 1 aliphatic rings. The lowest BCUT2D eigenvalue weighted by Gasteiger charge is -2.20. The van der Waals surface area contributed by atoms with Crippen LogP contribution in [-0.4, -0.2) is 59.8 Å². The van der Waals surface area contributed by atoms with Gasteiger partial charge in [-0.3, -0.25) is 19.2 Å². The summed E-state index contributed by atoms with van der Waals surface area (Å²) in [4.78, 5) is 53.1. The standard InChI is InChI=1S/C42H43N3O10/c1-23(46)44-33-16-9-25-19-35(52-4)41(53-5)42(54-6)38(25)30-20-31-32(22-37(49)43-18-17-36(48)45-26-10-14-28(51-3)15-11-26)39(24-7-12-27(50-2)13-8-24)55-40(31)34(47)21-29(30)33/h7-8,10-15,19-21,33H,9,16-18,22H2,1-6H3,(H,43,49)(H,44,46)(H,45,48)/t33-/m0/s1. The van der Waals surface area contributed by atoms with Crippen molar-refractivity contribution in [2.75, 3.05) is 47.4 Å². The number of amides is 3. The van der Waals surface area contributed by atoms with Crippen molar-refractivity contribution in [3.63, 3.8) is 0 Å². The summed E-state index contributed by atoms with van der Waals surface area (Å²) in [6, 6.07) is 18.7. The van der Waals surface area contributed by atoms with Gasteiger partial charge in [0.15, 0.2) is 17.1 Å². The Kier molecular flexibility index (Phi) is 11.6. The minimum atomic E-state index is -0.539. The van der Waals surface area contributed by atoms with Crippen LogP contribution in [0.4, 0.5) is 5.69 Å². The lowest BCUT2D eigenvalue weighted by atomic mass is 9.94. The lowest BCUT2D eigenvalue weighted by Crippen LogP contribution is -2.29. The third-order valence-corrected chi connectivity index (χ3v) is 9.53. The van der Waals surface area contributed by atoms with E-state index in [1.54, 1.807) is 69.9 Å². The molecule has 55 heavy (non-hydrogen) atoms. The third-order valence-electron chi connectivity index (χ3n) is 9.53. The molecular formula is C42H43N3O10.